The van der Waals surface area contributed by atoms with Gasteiger partial charge in [0, 0.05) is 12.3 Å². The predicted molar refractivity (Wildman–Crippen MR) is 68.9 cm³/mol. The van der Waals surface area contributed by atoms with Crippen LogP contribution in [-0.2, 0) is 9.53 Å². The Kier molecular flexibility index (Phi) is 3.14. The number of fused-ring (bicyclic) bond motifs is 1. The first-order valence-corrected chi connectivity index (χ1v) is 6.89. The minimum Gasteiger partial charge on any atom is -0.371 e. The topological polar surface area (TPSA) is 26.3 Å². The van der Waals surface area contributed by atoms with Crippen LogP contribution in [0.1, 0.15) is 60.3 Å². The van der Waals surface area contributed by atoms with Crippen molar-refractivity contribution in [2.75, 3.05) is 0 Å². The fourth-order valence-corrected chi connectivity index (χ4v) is 3.41. The second-order valence-electron chi connectivity index (χ2n) is 7.54. The molecule has 0 radical (unpaired) electrons. The van der Waals surface area contributed by atoms with E-state index < -0.39 is 0 Å². The van der Waals surface area contributed by atoms with Crippen LogP contribution in [0.15, 0.2) is 0 Å². The molecule has 0 bridgehead atoms. The number of hydrogen-bond donors (Lipinski definition) is 0. The van der Waals surface area contributed by atoms with Gasteiger partial charge in [-0.2, -0.15) is 0 Å². The van der Waals surface area contributed by atoms with Crippen LogP contribution in [0.25, 0.3) is 0 Å². The molecule has 0 amide bonds. The maximum atomic E-state index is 12.2. The highest BCUT2D eigenvalue weighted by molar-refractivity contribution is 5.83. The molecule has 2 fully saturated rings. The maximum Gasteiger partial charge on any atom is 0.141 e. The third kappa shape index (κ3) is 2.73. The van der Waals surface area contributed by atoms with Crippen molar-refractivity contribution in [3.05, 3.63) is 0 Å². The van der Waals surface area contributed by atoms with Crippen molar-refractivity contribution in [1.82, 2.24) is 0 Å². The summed E-state index contributed by atoms with van der Waals surface area (Å²) in [6, 6.07) is 0. The molecule has 98 valence electrons. The molecule has 0 N–H and O–H groups in total. The van der Waals surface area contributed by atoms with E-state index in [1.54, 1.807) is 0 Å². The third-order valence-electron chi connectivity index (χ3n) is 4.50. The molecule has 1 saturated heterocycles. The quantitative estimate of drug-likeness (QED) is 0.644. The van der Waals surface area contributed by atoms with Crippen molar-refractivity contribution in [2.45, 2.75) is 72.0 Å². The van der Waals surface area contributed by atoms with E-state index in [9.17, 15) is 4.79 Å². The van der Waals surface area contributed by atoms with Crippen LogP contribution in [0.4, 0.5) is 0 Å². The predicted octanol–water partition coefficient (Wildman–Crippen LogP) is 3.59. The molecule has 1 heterocycles. The van der Waals surface area contributed by atoms with Crippen LogP contribution in [-0.4, -0.2) is 17.5 Å². The Morgan fingerprint density at radius 3 is 2.47 bits per heavy atom. The van der Waals surface area contributed by atoms with Gasteiger partial charge in [-0.05, 0) is 44.4 Å². The highest BCUT2D eigenvalue weighted by Gasteiger charge is 2.46. The second kappa shape index (κ2) is 4.08. The van der Waals surface area contributed by atoms with E-state index in [0.717, 1.165) is 12.8 Å². The van der Waals surface area contributed by atoms with Crippen molar-refractivity contribution in [3.63, 3.8) is 0 Å². The smallest absolute Gasteiger partial charge is 0.141 e. The molecule has 0 spiro atoms. The van der Waals surface area contributed by atoms with Gasteiger partial charge in [0.05, 0.1) is 11.7 Å². The van der Waals surface area contributed by atoms with Gasteiger partial charge in [0.25, 0.3) is 0 Å². The van der Waals surface area contributed by atoms with E-state index in [1.807, 2.05) is 13.8 Å². The van der Waals surface area contributed by atoms with Gasteiger partial charge < -0.3 is 4.74 Å². The largest absolute Gasteiger partial charge is 0.371 e. The summed E-state index contributed by atoms with van der Waals surface area (Å²) in [5.74, 6) is 1.26. The summed E-state index contributed by atoms with van der Waals surface area (Å²) in [7, 11) is 0. The summed E-state index contributed by atoms with van der Waals surface area (Å²) < 4.78 is 6.09. The molecule has 0 aromatic rings. The van der Waals surface area contributed by atoms with Crippen molar-refractivity contribution in [3.8, 4) is 0 Å². The molecule has 2 nitrogen and oxygen atoms in total. The molecule has 0 unspecified atom stereocenters. The lowest BCUT2D eigenvalue weighted by molar-refractivity contribution is -0.172. The van der Waals surface area contributed by atoms with Gasteiger partial charge in [0.1, 0.15) is 5.78 Å². The molecule has 1 aliphatic carbocycles. The van der Waals surface area contributed by atoms with Gasteiger partial charge in [0.15, 0.2) is 0 Å². The maximum absolute atomic E-state index is 12.2. The zero-order chi connectivity index (χ0) is 12.8. The van der Waals surface area contributed by atoms with E-state index in [-0.39, 0.29) is 17.6 Å². The minimum absolute atomic E-state index is 0.168. The lowest BCUT2D eigenvalue weighted by atomic mass is 9.65. The van der Waals surface area contributed by atoms with E-state index in [2.05, 4.69) is 20.8 Å². The summed E-state index contributed by atoms with van der Waals surface area (Å²) in [5, 5.41) is 0. The molecular formula is C15H26O2. The zero-order valence-electron chi connectivity index (χ0n) is 11.9. The highest BCUT2D eigenvalue weighted by Crippen LogP contribution is 2.45. The Bertz CT molecular complexity index is 311. The van der Waals surface area contributed by atoms with E-state index in [0.29, 0.717) is 23.5 Å². The van der Waals surface area contributed by atoms with Crippen molar-refractivity contribution in [1.29, 1.82) is 0 Å². The monoisotopic (exact) mass is 238 g/mol. The number of carbonyl (C=O) groups excluding carboxylic acids is 1. The summed E-state index contributed by atoms with van der Waals surface area (Å²) in [4.78, 5) is 12.2. The average molecular weight is 238 g/mol. The number of carbonyl (C=O) groups is 1. The molecule has 2 aliphatic rings. The molecule has 1 aliphatic heterocycles. The lowest BCUT2D eigenvalue weighted by Gasteiger charge is -2.47. The molecule has 17 heavy (non-hydrogen) atoms. The summed E-state index contributed by atoms with van der Waals surface area (Å²) in [6.45, 7) is 10.9. The van der Waals surface area contributed by atoms with Crippen molar-refractivity contribution < 1.29 is 9.53 Å². The molecular weight excluding hydrogens is 212 g/mol. The van der Waals surface area contributed by atoms with Crippen LogP contribution in [0.2, 0.25) is 0 Å². The zero-order valence-corrected chi connectivity index (χ0v) is 11.9. The standard InChI is InChI=1S/C15H26O2/c1-14(2,3)10-6-7-13-11(8-10)12(16)9-15(4,5)17-13/h10-11,13H,6-9H2,1-5H3/t10-,11+,13-/m0/s1. The van der Waals surface area contributed by atoms with Crippen LogP contribution in [0.3, 0.4) is 0 Å². The summed E-state index contributed by atoms with van der Waals surface area (Å²) >= 11 is 0. The number of rotatable bonds is 0. The Hall–Kier alpha value is -0.370. The third-order valence-corrected chi connectivity index (χ3v) is 4.50. The van der Waals surface area contributed by atoms with Crippen LogP contribution >= 0.6 is 0 Å². The van der Waals surface area contributed by atoms with Crippen molar-refractivity contribution in [2.24, 2.45) is 17.3 Å². The number of ether oxygens (including phenoxy) is 1. The number of ketones is 1. The fraction of sp³-hybridized carbons (Fsp3) is 0.933. The van der Waals surface area contributed by atoms with Crippen LogP contribution < -0.4 is 0 Å². The first-order valence-electron chi connectivity index (χ1n) is 6.89. The van der Waals surface area contributed by atoms with Gasteiger partial charge in [0.2, 0.25) is 0 Å². The first-order chi connectivity index (χ1) is 7.69. The molecule has 2 heteroatoms. The van der Waals surface area contributed by atoms with Gasteiger partial charge in [-0.15, -0.1) is 0 Å². The van der Waals surface area contributed by atoms with E-state index in [1.165, 1.54) is 6.42 Å². The molecule has 3 atom stereocenters. The Morgan fingerprint density at radius 2 is 1.88 bits per heavy atom. The van der Waals surface area contributed by atoms with Crippen LogP contribution in [0, 0.1) is 17.3 Å². The SMILES string of the molecule is CC1(C)CC(=O)[C@H]2C[C@@H](C(C)(C)C)CC[C@@H]2O1. The Labute approximate surface area is 105 Å². The van der Waals surface area contributed by atoms with Gasteiger partial charge >= 0.3 is 0 Å². The number of Topliss-reactive ketones (excluding diaryl/α,β-unsaturated/α-hetero) is 1. The number of hydrogen-bond acceptors (Lipinski definition) is 2. The first kappa shape index (κ1) is 13.1. The van der Waals surface area contributed by atoms with Gasteiger partial charge in [-0.1, -0.05) is 20.8 Å². The Balaban J connectivity index is 2.10. The Morgan fingerprint density at radius 1 is 1.24 bits per heavy atom. The molecule has 0 aromatic heterocycles. The summed E-state index contributed by atoms with van der Waals surface area (Å²) in [5.41, 5.74) is 0.0744. The molecule has 1 saturated carbocycles. The highest BCUT2D eigenvalue weighted by atomic mass is 16.5. The van der Waals surface area contributed by atoms with Gasteiger partial charge in [-0.25, -0.2) is 0 Å². The molecule has 2 rings (SSSR count). The van der Waals surface area contributed by atoms with Gasteiger partial charge in [-0.3, -0.25) is 4.79 Å². The lowest BCUT2D eigenvalue weighted by Crippen LogP contribution is -2.50. The second-order valence-corrected chi connectivity index (χ2v) is 7.54. The average Bonchev–Trinajstić information content (AvgIpc) is 2.13. The molecule has 0 aromatic carbocycles. The summed E-state index contributed by atoms with van der Waals surface area (Å²) in [6.07, 6.45) is 4.06. The van der Waals surface area contributed by atoms with Crippen LogP contribution in [0.5, 0.6) is 0 Å². The normalized spacial score (nSPS) is 37.7. The van der Waals surface area contributed by atoms with E-state index in [4.69, 9.17) is 4.74 Å². The van der Waals surface area contributed by atoms with E-state index >= 15 is 0 Å². The fourth-order valence-electron chi connectivity index (χ4n) is 3.41. The van der Waals surface area contributed by atoms with Crippen molar-refractivity contribution >= 4 is 5.78 Å². The minimum atomic E-state index is -0.243.